The van der Waals surface area contributed by atoms with Gasteiger partial charge in [0.25, 0.3) is 0 Å². The minimum atomic E-state index is -0.543. The first kappa shape index (κ1) is 18.4. The van der Waals surface area contributed by atoms with Gasteiger partial charge in [-0.2, -0.15) is 4.98 Å². The molecule has 1 saturated heterocycles. The second-order valence-corrected chi connectivity index (χ2v) is 6.82. The van der Waals surface area contributed by atoms with Crippen LogP contribution in [0.3, 0.4) is 0 Å². The molecule has 0 bridgehead atoms. The van der Waals surface area contributed by atoms with Crippen molar-refractivity contribution in [2.75, 3.05) is 18.1 Å². The fraction of sp³-hybridized carbons (Fsp3) is 0.250. The Morgan fingerprint density at radius 2 is 2.14 bits per heavy atom. The largest absolute Gasteiger partial charge is 0.493 e. The molecule has 8 heteroatoms. The summed E-state index contributed by atoms with van der Waals surface area (Å²) in [5.74, 6) is 0.320. The molecule has 0 spiro atoms. The van der Waals surface area contributed by atoms with Gasteiger partial charge in [-0.1, -0.05) is 28.9 Å². The Kier molecular flexibility index (Phi) is 5.00. The van der Waals surface area contributed by atoms with Gasteiger partial charge in [-0.3, -0.25) is 4.79 Å². The van der Waals surface area contributed by atoms with Gasteiger partial charge in [0.1, 0.15) is 11.6 Å². The number of benzene rings is 2. The Morgan fingerprint density at radius 1 is 1.32 bits per heavy atom. The maximum Gasteiger partial charge on any atom is 0.232 e. The standard InChI is InChI=1S/C20H17ClFN3O3/c1-2-27-17-6-4-3-5-14(17)19-23-20(28-24-19)12-9-18(26)25(11-12)16-8-7-13(21)10-15(16)22/h3-8,10,12H,2,9,11H2,1H3. The fourth-order valence-corrected chi connectivity index (χ4v) is 3.41. The van der Waals surface area contributed by atoms with Crippen molar-refractivity contribution in [2.45, 2.75) is 19.3 Å². The van der Waals surface area contributed by atoms with Gasteiger partial charge < -0.3 is 14.2 Å². The molecule has 0 N–H and O–H groups in total. The number of anilines is 1. The van der Waals surface area contributed by atoms with Crippen LogP contribution in [0.1, 0.15) is 25.2 Å². The lowest BCUT2D eigenvalue weighted by Gasteiger charge is -2.16. The summed E-state index contributed by atoms with van der Waals surface area (Å²) in [5.41, 5.74) is 0.905. The van der Waals surface area contributed by atoms with Crippen molar-refractivity contribution >= 4 is 23.2 Å². The molecular weight excluding hydrogens is 385 g/mol. The number of ether oxygens (including phenoxy) is 1. The van der Waals surface area contributed by atoms with Crippen LogP contribution in [0.25, 0.3) is 11.4 Å². The molecule has 28 heavy (non-hydrogen) atoms. The van der Waals surface area contributed by atoms with Crippen LogP contribution >= 0.6 is 11.6 Å². The van der Waals surface area contributed by atoms with E-state index in [9.17, 15) is 9.18 Å². The van der Waals surface area contributed by atoms with Crippen molar-refractivity contribution < 1.29 is 18.4 Å². The predicted octanol–water partition coefficient (Wildman–Crippen LogP) is 4.45. The molecular formula is C20H17ClFN3O3. The summed E-state index contributed by atoms with van der Waals surface area (Å²) in [6.45, 7) is 2.67. The Labute approximate surface area is 165 Å². The average Bonchev–Trinajstić information content (AvgIpc) is 3.30. The van der Waals surface area contributed by atoms with E-state index in [2.05, 4.69) is 10.1 Å². The predicted molar refractivity (Wildman–Crippen MR) is 102 cm³/mol. The monoisotopic (exact) mass is 401 g/mol. The van der Waals surface area contributed by atoms with Crippen molar-refractivity contribution in [3.63, 3.8) is 0 Å². The van der Waals surface area contributed by atoms with E-state index in [0.717, 1.165) is 0 Å². The Balaban J connectivity index is 1.58. The third-order valence-corrected chi connectivity index (χ3v) is 4.78. The molecule has 3 aromatic rings. The number of carbonyl (C=O) groups is 1. The molecule has 2 heterocycles. The molecule has 2 aromatic carbocycles. The van der Waals surface area contributed by atoms with Crippen molar-refractivity contribution in [1.29, 1.82) is 0 Å². The van der Waals surface area contributed by atoms with Crippen molar-refractivity contribution in [3.05, 3.63) is 59.2 Å². The van der Waals surface area contributed by atoms with Gasteiger partial charge in [-0.25, -0.2) is 4.39 Å². The molecule has 0 aliphatic carbocycles. The number of amides is 1. The van der Waals surface area contributed by atoms with E-state index in [1.165, 1.54) is 17.0 Å². The van der Waals surface area contributed by atoms with Crippen LogP contribution in [0, 0.1) is 5.82 Å². The second-order valence-electron chi connectivity index (χ2n) is 6.39. The number of aromatic nitrogens is 2. The van der Waals surface area contributed by atoms with E-state index >= 15 is 0 Å². The molecule has 1 amide bonds. The summed E-state index contributed by atoms with van der Waals surface area (Å²) in [5, 5.41) is 4.32. The maximum atomic E-state index is 14.2. The molecule has 6 nitrogen and oxygen atoms in total. The number of hydrogen-bond donors (Lipinski definition) is 0. The fourth-order valence-electron chi connectivity index (χ4n) is 3.25. The smallest absolute Gasteiger partial charge is 0.232 e. The lowest BCUT2D eigenvalue weighted by molar-refractivity contribution is -0.117. The Hall–Kier alpha value is -2.93. The second kappa shape index (κ2) is 7.59. The number of nitrogens with zero attached hydrogens (tertiary/aromatic N) is 3. The van der Waals surface area contributed by atoms with Crippen LogP contribution in [0.2, 0.25) is 5.02 Å². The SMILES string of the molecule is CCOc1ccccc1-c1noc(C2CC(=O)N(c3ccc(Cl)cc3F)C2)n1. The van der Waals surface area contributed by atoms with Crippen LogP contribution < -0.4 is 9.64 Å². The molecule has 144 valence electrons. The van der Waals surface area contributed by atoms with E-state index in [1.807, 2.05) is 31.2 Å². The van der Waals surface area contributed by atoms with Gasteiger partial charge >= 0.3 is 0 Å². The average molecular weight is 402 g/mol. The quantitative estimate of drug-likeness (QED) is 0.631. The van der Waals surface area contributed by atoms with Gasteiger partial charge in [0, 0.05) is 18.0 Å². The summed E-state index contributed by atoms with van der Waals surface area (Å²) < 4.78 is 25.2. The third-order valence-electron chi connectivity index (χ3n) is 4.54. The van der Waals surface area contributed by atoms with Crippen LogP contribution in [0.15, 0.2) is 47.0 Å². The highest BCUT2D eigenvalue weighted by molar-refractivity contribution is 6.30. The van der Waals surface area contributed by atoms with Crippen LogP contribution in [0.5, 0.6) is 5.75 Å². The number of halogens is 2. The van der Waals surface area contributed by atoms with Crippen LogP contribution in [-0.2, 0) is 4.79 Å². The van der Waals surface area contributed by atoms with Crippen LogP contribution in [-0.4, -0.2) is 29.2 Å². The first-order chi connectivity index (χ1) is 13.6. The molecule has 4 rings (SSSR count). The number of carbonyl (C=O) groups excluding carboxylic acids is 1. The Morgan fingerprint density at radius 3 is 2.93 bits per heavy atom. The number of hydrogen-bond acceptors (Lipinski definition) is 5. The highest BCUT2D eigenvalue weighted by Crippen LogP contribution is 2.35. The highest BCUT2D eigenvalue weighted by Gasteiger charge is 2.36. The summed E-state index contributed by atoms with van der Waals surface area (Å²) in [4.78, 5) is 18.3. The molecule has 1 unspecified atom stereocenters. The minimum absolute atomic E-state index is 0.163. The maximum absolute atomic E-state index is 14.2. The van der Waals surface area contributed by atoms with Crippen LogP contribution in [0.4, 0.5) is 10.1 Å². The van der Waals surface area contributed by atoms with Gasteiger partial charge in [-0.05, 0) is 37.3 Å². The van der Waals surface area contributed by atoms with Gasteiger partial charge in [0.05, 0.1) is 23.8 Å². The first-order valence-electron chi connectivity index (χ1n) is 8.88. The minimum Gasteiger partial charge on any atom is -0.493 e. The Bertz CT molecular complexity index is 1020. The summed E-state index contributed by atoms with van der Waals surface area (Å²) >= 11 is 5.79. The molecule has 0 radical (unpaired) electrons. The lowest BCUT2D eigenvalue weighted by Crippen LogP contribution is -2.25. The van der Waals surface area contributed by atoms with Gasteiger partial charge in [-0.15, -0.1) is 0 Å². The summed E-state index contributed by atoms with van der Waals surface area (Å²) in [6, 6.07) is 11.6. The lowest BCUT2D eigenvalue weighted by atomic mass is 10.1. The molecule has 1 atom stereocenters. The molecule has 1 fully saturated rings. The molecule has 0 saturated carbocycles. The summed E-state index contributed by atoms with van der Waals surface area (Å²) in [7, 11) is 0. The zero-order valence-corrected chi connectivity index (χ0v) is 15.8. The van der Waals surface area contributed by atoms with Crippen molar-refractivity contribution in [2.24, 2.45) is 0 Å². The molecule has 1 aliphatic rings. The first-order valence-corrected chi connectivity index (χ1v) is 9.26. The van der Waals surface area contributed by atoms with Crippen molar-refractivity contribution in [1.82, 2.24) is 10.1 Å². The highest BCUT2D eigenvalue weighted by atomic mass is 35.5. The number of rotatable bonds is 5. The zero-order valence-electron chi connectivity index (χ0n) is 15.1. The van der Waals surface area contributed by atoms with Gasteiger partial charge in [0.2, 0.25) is 17.6 Å². The van der Waals surface area contributed by atoms with Crippen molar-refractivity contribution in [3.8, 4) is 17.1 Å². The molecule has 1 aliphatic heterocycles. The normalized spacial score (nSPS) is 16.6. The number of para-hydroxylation sites is 1. The van der Waals surface area contributed by atoms with E-state index in [0.29, 0.717) is 29.6 Å². The summed E-state index contributed by atoms with van der Waals surface area (Å²) in [6.07, 6.45) is 0.163. The topological polar surface area (TPSA) is 68.5 Å². The molecule has 1 aromatic heterocycles. The van der Waals surface area contributed by atoms with E-state index in [4.69, 9.17) is 20.9 Å². The van der Waals surface area contributed by atoms with E-state index < -0.39 is 5.82 Å². The zero-order chi connectivity index (χ0) is 19.7. The van der Waals surface area contributed by atoms with E-state index in [1.54, 1.807) is 6.07 Å². The van der Waals surface area contributed by atoms with E-state index in [-0.39, 0.29) is 35.5 Å². The third kappa shape index (κ3) is 3.45. The van der Waals surface area contributed by atoms with Gasteiger partial charge in [0.15, 0.2) is 0 Å².